The van der Waals surface area contributed by atoms with E-state index in [4.69, 9.17) is 18.9 Å². The van der Waals surface area contributed by atoms with Gasteiger partial charge in [-0.15, -0.1) is 0 Å². The first kappa shape index (κ1) is 26.5. The van der Waals surface area contributed by atoms with E-state index in [-0.39, 0.29) is 19.1 Å². The van der Waals surface area contributed by atoms with Crippen molar-refractivity contribution in [1.29, 1.82) is 0 Å². The Hall–Kier alpha value is -3.59. The number of methoxy groups -OCH3 is 1. The van der Waals surface area contributed by atoms with Gasteiger partial charge in [-0.05, 0) is 56.9 Å². The number of esters is 1. The molecule has 4 rings (SSSR count). The molecule has 2 aromatic carbocycles. The van der Waals surface area contributed by atoms with Gasteiger partial charge in [0.25, 0.3) is 0 Å². The Morgan fingerprint density at radius 3 is 2.16 bits per heavy atom. The second kappa shape index (κ2) is 10.0. The number of ether oxygens (including phenoxy) is 4. The molecule has 0 bridgehead atoms. The Morgan fingerprint density at radius 2 is 1.62 bits per heavy atom. The maximum atomic E-state index is 12.9. The van der Waals surface area contributed by atoms with Gasteiger partial charge in [-0.1, -0.05) is 48.5 Å². The average Bonchev–Trinajstić information content (AvgIpc) is 3.33. The van der Waals surface area contributed by atoms with Crippen LogP contribution in [0.25, 0.3) is 11.1 Å². The molecule has 0 spiro atoms. The van der Waals surface area contributed by atoms with Gasteiger partial charge in [-0.2, -0.15) is 0 Å². The number of hydrogen-bond donors (Lipinski definition) is 1. The standard InChI is InChI=1S/C28H34N2O7/c1-27(2,3)37-26(33)30-15-22(36-28(30,4)5)23(24(31)34-6)29-25(32)35-16-21-19-13-9-7-11-17(19)18-12-8-10-14-20(18)21/h7-14,21-23H,15-16H2,1-6H3,(H,29,32)/t22-,23+/m1/s1. The predicted octanol–water partition coefficient (Wildman–Crippen LogP) is 4.44. The molecule has 1 aliphatic heterocycles. The van der Waals surface area contributed by atoms with Crippen molar-refractivity contribution in [1.82, 2.24) is 10.2 Å². The summed E-state index contributed by atoms with van der Waals surface area (Å²) in [4.78, 5) is 39.6. The van der Waals surface area contributed by atoms with E-state index in [1.165, 1.54) is 12.0 Å². The molecule has 1 fully saturated rings. The van der Waals surface area contributed by atoms with Gasteiger partial charge in [0.2, 0.25) is 0 Å². The van der Waals surface area contributed by atoms with E-state index < -0.39 is 41.6 Å². The summed E-state index contributed by atoms with van der Waals surface area (Å²) in [6.45, 7) is 8.80. The Labute approximate surface area is 217 Å². The third kappa shape index (κ3) is 5.56. The van der Waals surface area contributed by atoms with Crippen LogP contribution < -0.4 is 5.32 Å². The van der Waals surface area contributed by atoms with E-state index in [1.54, 1.807) is 34.6 Å². The largest absolute Gasteiger partial charge is 0.467 e. The molecule has 9 heteroatoms. The second-order valence-electron chi connectivity index (χ2n) is 10.7. The van der Waals surface area contributed by atoms with Gasteiger partial charge >= 0.3 is 18.2 Å². The van der Waals surface area contributed by atoms with E-state index in [2.05, 4.69) is 17.4 Å². The number of nitrogens with one attached hydrogen (secondary N) is 1. The first-order valence-electron chi connectivity index (χ1n) is 12.3. The van der Waals surface area contributed by atoms with Crippen molar-refractivity contribution in [3.63, 3.8) is 0 Å². The van der Waals surface area contributed by atoms with E-state index in [1.807, 2.05) is 36.4 Å². The maximum Gasteiger partial charge on any atom is 0.412 e. The van der Waals surface area contributed by atoms with Crippen LogP contribution in [0.2, 0.25) is 0 Å². The summed E-state index contributed by atoms with van der Waals surface area (Å²) < 4.78 is 22.0. The molecule has 0 saturated carbocycles. The van der Waals surface area contributed by atoms with Crippen molar-refractivity contribution < 1.29 is 33.3 Å². The maximum absolute atomic E-state index is 12.9. The van der Waals surface area contributed by atoms with Gasteiger partial charge in [0, 0.05) is 5.92 Å². The fourth-order valence-corrected chi connectivity index (χ4v) is 4.85. The summed E-state index contributed by atoms with van der Waals surface area (Å²) in [5.74, 6) is -0.834. The lowest BCUT2D eigenvalue weighted by Crippen LogP contribution is -2.51. The lowest BCUT2D eigenvalue weighted by Gasteiger charge is -2.31. The van der Waals surface area contributed by atoms with Crippen molar-refractivity contribution in [3.8, 4) is 11.1 Å². The lowest BCUT2D eigenvalue weighted by atomic mass is 9.98. The fraction of sp³-hybridized carbons (Fsp3) is 0.464. The molecule has 1 heterocycles. The number of fused-ring (bicyclic) bond motifs is 3. The molecular formula is C28H34N2O7. The minimum atomic E-state index is -1.19. The number of benzene rings is 2. The van der Waals surface area contributed by atoms with Crippen molar-refractivity contribution >= 4 is 18.2 Å². The molecule has 2 aliphatic rings. The third-order valence-electron chi connectivity index (χ3n) is 6.51. The molecule has 2 amide bonds. The van der Waals surface area contributed by atoms with Gasteiger partial charge in [-0.3, -0.25) is 4.90 Å². The van der Waals surface area contributed by atoms with Crippen molar-refractivity contribution in [2.45, 2.75) is 64.0 Å². The monoisotopic (exact) mass is 510 g/mol. The zero-order chi connectivity index (χ0) is 27.0. The fourth-order valence-electron chi connectivity index (χ4n) is 4.85. The van der Waals surface area contributed by atoms with Gasteiger partial charge < -0.3 is 24.3 Å². The Bertz CT molecular complexity index is 1140. The summed E-state index contributed by atoms with van der Waals surface area (Å²) >= 11 is 0. The van der Waals surface area contributed by atoms with E-state index in [0.29, 0.717) is 0 Å². The predicted molar refractivity (Wildman–Crippen MR) is 136 cm³/mol. The number of carbonyl (C=O) groups excluding carboxylic acids is 3. The first-order chi connectivity index (χ1) is 17.4. The first-order valence-corrected chi connectivity index (χ1v) is 12.3. The highest BCUT2D eigenvalue weighted by Gasteiger charge is 2.49. The highest BCUT2D eigenvalue weighted by molar-refractivity contribution is 5.83. The Morgan fingerprint density at radius 1 is 1.05 bits per heavy atom. The van der Waals surface area contributed by atoms with Crippen LogP contribution in [0.15, 0.2) is 48.5 Å². The highest BCUT2D eigenvalue weighted by Crippen LogP contribution is 2.44. The molecule has 2 atom stereocenters. The topological polar surface area (TPSA) is 103 Å². The lowest BCUT2D eigenvalue weighted by molar-refractivity contribution is -0.149. The third-order valence-corrected chi connectivity index (χ3v) is 6.51. The molecule has 1 saturated heterocycles. The van der Waals surface area contributed by atoms with Crippen molar-refractivity contribution in [2.75, 3.05) is 20.3 Å². The van der Waals surface area contributed by atoms with Gasteiger partial charge in [0.05, 0.1) is 13.7 Å². The molecule has 37 heavy (non-hydrogen) atoms. The number of hydrogen-bond acceptors (Lipinski definition) is 7. The van der Waals surface area contributed by atoms with Crippen LogP contribution in [0.4, 0.5) is 9.59 Å². The smallest absolute Gasteiger partial charge is 0.412 e. The molecule has 1 N–H and O–H groups in total. The normalized spacial score (nSPS) is 19.0. The zero-order valence-electron chi connectivity index (χ0n) is 22.1. The summed E-state index contributed by atoms with van der Waals surface area (Å²) in [6.07, 6.45) is -2.23. The van der Waals surface area contributed by atoms with E-state index in [9.17, 15) is 14.4 Å². The van der Waals surface area contributed by atoms with Crippen LogP contribution in [0, 0.1) is 0 Å². The van der Waals surface area contributed by atoms with Crippen LogP contribution in [-0.2, 0) is 23.7 Å². The molecular weight excluding hydrogens is 476 g/mol. The molecule has 0 unspecified atom stereocenters. The van der Waals surface area contributed by atoms with Crippen molar-refractivity contribution in [3.05, 3.63) is 59.7 Å². The van der Waals surface area contributed by atoms with Crippen LogP contribution >= 0.6 is 0 Å². The molecule has 9 nitrogen and oxygen atoms in total. The highest BCUT2D eigenvalue weighted by atomic mass is 16.6. The number of nitrogens with zero attached hydrogens (tertiary/aromatic N) is 1. The second-order valence-corrected chi connectivity index (χ2v) is 10.7. The number of alkyl carbamates (subject to hydrolysis) is 1. The number of carbonyl (C=O) groups is 3. The number of amides is 2. The van der Waals surface area contributed by atoms with Crippen LogP contribution in [0.1, 0.15) is 51.7 Å². The average molecular weight is 511 g/mol. The van der Waals surface area contributed by atoms with Gasteiger partial charge in [-0.25, -0.2) is 14.4 Å². The molecule has 1 aliphatic carbocycles. The zero-order valence-corrected chi connectivity index (χ0v) is 22.1. The summed E-state index contributed by atoms with van der Waals surface area (Å²) in [7, 11) is 1.22. The minimum Gasteiger partial charge on any atom is -0.467 e. The molecule has 198 valence electrons. The van der Waals surface area contributed by atoms with Crippen molar-refractivity contribution in [2.24, 2.45) is 0 Å². The molecule has 2 aromatic rings. The summed E-state index contributed by atoms with van der Waals surface area (Å²) in [5.41, 5.74) is 2.62. The quantitative estimate of drug-likeness (QED) is 0.469. The molecule has 0 radical (unpaired) electrons. The van der Waals surface area contributed by atoms with Crippen LogP contribution in [0.5, 0.6) is 0 Å². The van der Waals surface area contributed by atoms with Crippen LogP contribution in [-0.4, -0.2) is 66.8 Å². The summed E-state index contributed by atoms with van der Waals surface area (Å²) in [6, 6.07) is 14.9. The van der Waals surface area contributed by atoms with E-state index >= 15 is 0 Å². The SMILES string of the molecule is COC(=O)[C@@H](NC(=O)OCC1c2ccccc2-c2ccccc21)[C@H]1CN(C(=O)OC(C)(C)C)C(C)(C)O1. The van der Waals surface area contributed by atoms with Gasteiger partial charge in [0.15, 0.2) is 6.04 Å². The Kier molecular flexibility index (Phi) is 7.19. The number of rotatable bonds is 5. The minimum absolute atomic E-state index is 0.0192. The van der Waals surface area contributed by atoms with Crippen LogP contribution in [0.3, 0.4) is 0 Å². The van der Waals surface area contributed by atoms with Gasteiger partial charge in [0.1, 0.15) is 24.0 Å². The molecule has 0 aromatic heterocycles. The van der Waals surface area contributed by atoms with E-state index in [0.717, 1.165) is 22.3 Å². The Balaban J connectivity index is 1.45. The summed E-state index contributed by atoms with van der Waals surface area (Å²) in [5, 5.41) is 2.59.